The number of halogens is 1. The molecule has 18 heavy (non-hydrogen) atoms. The molecular formula is C14H17ClO3. The topological polar surface area (TPSA) is 35.5 Å². The van der Waals surface area contributed by atoms with E-state index in [9.17, 15) is 4.79 Å². The molecule has 0 N–H and O–H groups in total. The molecule has 1 aliphatic rings. The quantitative estimate of drug-likeness (QED) is 0.788. The molecule has 0 aromatic heterocycles. The molecule has 1 aromatic carbocycles. The maximum absolute atomic E-state index is 12.1. The molecule has 98 valence electrons. The standard InChI is InChI=1S/C14H17ClO3/c1-14(13(16)17-2,7-10-8-18-9-10)11-3-5-12(15)6-4-11/h3-6,10H,7-9H2,1-2H3. The molecule has 0 amide bonds. The SMILES string of the molecule is COC(=O)C(C)(CC1COC1)c1ccc(Cl)cc1. The molecule has 3 nitrogen and oxygen atoms in total. The zero-order valence-corrected chi connectivity index (χ0v) is 11.4. The van der Waals surface area contributed by atoms with Crippen LogP contribution in [0.15, 0.2) is 24.3 Å². The first kappa shape index (κ1) is 13.4. The van der Waals surface area contributed by atoms with Gasteiger partial charge in [-0.3, -0.25) is 4.79 Å². The Hall–Kier alpha value is -1.06. The molecule has 1 aliphatic heterocycles. The normalized spacial score (nSPS) is 18.8. The average molecular weight is 269 g/mol. The molecule has 0 radical (unpaired) electrons. The van der Waals surface area contributed by atoms with E-state index >= 15 is 0 Å². The van der Waals surface area contributed by atoms with Crippen LogP contribution in [-0.2, 0) is 19.7 Å². The van der Waals surface area contributed by atoms with Gasteiger partial charge in [-0.1, -0.05) is 23.7 Å². The van der Waals surface area contributed by atoms with Crippen molar-refractivity contribution >= 4 is 17.6 Å². The van der Waals surface area contributed by atoms with Crippen LogP contribution in [-0.4, -0.2) is 26.3 Å². The van der Waals surface area contributed by atoms with Crippen LogP contribution in [0, 0.1) is 5.92 Å². The average Bonchev–Trinajstić information content (AvgIpc) is 2.33. The van der Waals surface area contributed by atoms with Crippen LogP contribution >= 0.6 is 11.6 Å². The number of hydrogen-bond donors (Lipinski definition) is 0. The van der Waals surface area contributed by atoms with Crippen LogP contribution in [0.1, 0.15) is 18.9 Å². The van der Waals surface area contributed by atoms with Crippen molar-refractivity contribution in [2.45, 2.75) is 18.8 Å². The third-order valence-corrected chi connectivity index (χ3v) is 3.77. The Labute approximate surface area is 112 Å². The van der Waals surface area contributed by atoms with Gasteiger partial charge in [0.1, 0.15) is 0 Å². The Kier molecular flexibility index (Phi) is 3.93. The number of methoxy groups -OCH3 is 1. The van der Waals surface area contributed by atoms with E-state index in [2.05, 4.69) is 0 Å². The van der Waals surface area contributed by atoms with Gasteiger partial charge < -0.3 is 9.47 Å². The minimum Gasteiger partial charge on any atom is -0.468 e. The van der Waals surface area contributed by atoms with Gasteiger partial charge in [-0.2, -0.15) is 0 Å². The molecular weight excluding hydrogens is 252 g/mol. The molecule has 2 rings (SSSR count). The smallest absolute Gasteiger partial charge is 0.316 e. The van der Waals surface area contributed by atoms with Crippen LogP contribution in [0.2, 0.25) is 5.02 Å². The van der Waals surface area contributed by atoms with Crippen LogP contribution in [0.4, 0.5) is 0 Å². The summed E-state index contributed by atoms with van der Waals surface area (Å²) in [4.78, 5) is 12.1. The van der Waals surface area contributed by atoms with Crippen molar-refractivity contribution in [1.82, 2.24) is 0 Å². The Balaban J connectivity index is 2.27. The number of carbonyl (C=O) groups is 1. The van der Waals surface area contributed by atoms with Crippen molar-refractivity contribution in [1.29, 1.82) is 0 Å². The largest absolute Gasteiger partial charge is 0.468 e. The number of hydrogen-bond acceptors (Lipinski definition) is 3. The van der Waals surface area contributed by atoms with Gasteiger partial charge in [0.25, 0.3) is 0 Å². The van der Waals surface area contributed by atoms with Gasteiger partial charge in [0.2, 0.25) is 0 Å². The third-order valence-electron chi connectivity index (χ3n) is 3.52. The van der Waals surface area contributed by atoms with Crippen molar-refractivity contribution in [3.63, 3.8) is 0 Å². The van der Waals surface area contributed by atoms with E-state index in [4.69, 9.17) is 21.1 Å². The maximum atomic E-state index is 12.1. The van der Waals surface area contributed by atoms with E-state index in [0.717, 1.165) is 25.2 Å². The predicted molar refractivity (Wildman–Crippen MR) is 69.7 cm³/mol. The van der Waals surface area contributed by atoms with Crippen LogP contribution in [0.5, 0.6) is 0 Å². The maximum Gasteiger partial charge on any atom is 0.316 e. The molecule has 4 heteroatoms. The highest BCUT2D eigenvalue weighted by Crippen LogP contribution is 2.35. The summed E-state index contributed by atoms with van der Waals surface area (Å²) in [5, 5.41) is 0.665. The molecule has 1 atom stereocenters. The first-order valence-electron chi connectivity index (χ1n) is 5.98. The summed E-state index contributed by atoms with van der Waals surface area (Å²) in [5.41, 5.74) is 0.305. The lowest BCUT2D eigenvalue weighted by Gasteiger charge is -2.35. The van der Waals surface area contributed by atoms with Gasteiger partial charge in [-0.25, -0.2) is 0 Å². The lowest BCUT2D eigenvalue weighted by Crippen LogP contribution is -2.41. The van der Waals surface area contributed by atoms with Gasteiger partial charge in [0.15, 0.2) is 0 Å². The molecule has 1 heterocycles. The van der Waals surface area contributed by atoms with Crippen molar-refractivity contribution in [2.24, 2.45) is 5.92 Å². The summed E-state index contributed by atoms with van der Waals surface area (Å²) in [6.07, 6.45) is 0.737. The van der Waals surface area contributed by atoms with Crippen molar-refractivity contribution in [3.05, 3.63) is 34.9 Å². The lowest BCUT2D eigenvalue weighted by molar-refractivity contribution is -0.149. The summed E-state index contributed by atoms with van der Waals surface area (Å²) in [5.74, 6) is 0.210. The summed E-state index contributed by atoms with van der Waals surface area (Å²) >= 11 is 5.88. The molecule has 1 aromatic rings. The lowest BCUT2D eigenvalue weighted by atomic mass is 9.75. The zero-order valence-electron chi connectivity index (χ0n) is 10.6. The van der Waals surface area contributed by atoms with Gasteiger partial charge in [-0.15, -0.1) is 0 Å². The van der Waals surface area contributed by atoms with E-state index in [0.29, 0.717) is 10.9 Å². The van der Waals surface area contributed by atoms with Crippen molar-refractivity contribution in [3.8, 4) is 0 Å². The van der Waals surface area contributed by atoms with E-state index in [-0.39, 0.29) is 5.97 Å². The molecule has 1 fully saturated rings. The Morgan fingerprint density at radius 1 is 1.44 bits per heavy atom. The molecule has 1 unspecified atom stereocenters. The second-order valence-electron chi connectivity index (χ2n) is 4.94. The van der Waals surface area contributed by atoms with Crippen molar-refractivity contribution in [2.75, 3.05) is 20.3 Å². The Bertz CT molecular complexity index is 425. The van der Waals surface area contributed by atoms with Gasteiger partial charge >= 0.3 is 5.97 Å². The number of esters is 1. The highest BCUT2D eigenvalue weighted by molar-refractivity contribution is 6.30. The van der Waals surface area contributed by atoms with E-state index in [1.165, 1.54) is 7.11 Å². The molecule has 1 saturated heterocycles. The molecule has 0 saturated carbocycles. The monoisotopic (exact) mass is 268 g/mol. The molecule has 0 spiro atoms. The Morgan fingerprint density at radius 2 is 2.06 bits per heavy atom. The minimum atomic E-state index is -0.631. The fraction of sp³-hybridized carbons (Fsp3) is 0.500. The summed E-state index contributed by atoms with van der Waals surface area (Å²) in [6, 6.07) is 7.38. The van der Waals surface area contributed by atoms with Gasteiger partial charge in [0, 0.05) is 10.9 Å². The number of carbonyl (C=O) groups excluding carboxylic acids is 1. The fourth-order valence-electron chi connectivity index (χ4n) is 2.34. The highest BCUT2D eigenvalue weighted by atomic mass is 35.5. The Morgan fingerprint density at radius 3 is 2.50 bits per heavy atom. The van der Waals surface area contributed by atoms with Gasteiger partial charge in [0.05, 0.1) is 25.7 Å². The van der Waals surface area contributed by atoms with E-state index < -0.39 is 5.41 Å². The van der Waals surface area contributed by atoms with E-state index in [1.54, 1.807) is 12.1 Å². The number of rotatable bonds is 4. The second-order valence-corrected chi connectivity index (χ2v) is 5.37. The second kappa shape index (κ2) is 5.29. The summed E-state index contributed by atoms with van der Waals surface area (Å²) < 4.78 is 10.1. The van der Waals surface area contributed by atoms with Crippen LogP contribution in [0.25, 0.3) is 0 Å². The van der Waals surface area contributed by atoms with Crippen LogP contribution in [0.3, 0.4) is 0 Å². The first-order valence-corrected chi connectivity index (χ1v) is 6.36. The van der Waals surface area contributed by atoms with E-state index in [1.807, 2.05) is 19.1 Å². The van der Waals surface area contributed by atoms with Crippen molar-refractivity contribution < 1.29 is 14.3 Å². The highest BCUT2D eigenvalue weighted by Gasteiger charge is 2.40. The van der Waals surface area contributed by atoms with Crippen LogP contribution < -0.4 is 0 Å². The number of ether oxygens (including phenoxy) is 2. The minimum absolute atomic E-state index is 0.211. The molecule has 0 bridgehead atoms. The van der Waals surface area contributed by atoms with Gasteiger partial charge in [-0.05, 0) is 31.0 Å². The third kappa shape index (κ3) is 2.52. The zero-order chi connectivity index (χ0) is 13.2. The fourth-order valence-corrected chi connectivity index (χ4v) is 2.47. The summed E-state index contributed by atoms with van der Waals surface area (Å²) in [6.45, 7) is 3.36. The molecule has 0 aliphatic carbocycles. The first-order chi connectivity index (χ1) is 8.56. The summed E-state index contributed by atoms with van der Waals surface area (Å²) in [7, 11) is 1.42. The number of benzene rings is 1. The predicted octanol–water partition coefficient (Wildman–Crippen LogP) is 2.81.